The number of nitrogens with zero attached hydrogens (tertiary/aromatic N) is 1. The molecule has 1 aliphatic heterocycles. The second-order valence-electron chi connectivity index (χ2n) is 7.54. The Bertz CT molecular complexity index is 603. The third-order valence-electron chi connectivity index (χ3n) is 4.45. The Kier molecular flexibility index (Phi) is 6.51. The molecule has 0 radical (unpaired) electrons. The fraction of sp³-hybridized carbons (Fsp3) is 0.571. The Morgan fingerprint density at radius 3 is 2.68 bits per heavy atom. The van der Waals surface area contributed by atoms with Gasteiger partial charge in [-0.3, -0.25) is 0 Å². The fourth-order valence-corrected chi connectivity index (χ4v) is 3.31. The number of carbonyl (C=O) groups excluding carboxylic acids is 1. The number of carbonyl (C=O) groups is 1. The molecule has 0 bridgehead atoms. The Labute approximate surface area is 151 Å². The topological polar surface area (TPSA) is 38.8 Å². The van der Waals surface area contributed by atoms with Gasteiger partial charge in [0, 0.05) is 6.54 Å². The van der Waals surface area contributed by atoms with E-state index in [0.29, 0.717) is 12.5 Å². The van der Waals surface area contributed by atoms with Crippen molar-refractivity contribution in [1.29, 1.82) is 0 Å². The molecule has 1 aromatic carbocycles. The minimum Gasteiger partial charge on any atom is -0.496 e. The molecule has 1 amide bonds. The molecule has 1 heterocycles. The van der Waals surface area contributed by atoms with Crippen molar-refractivity contribution in [3.05, 3.63) is 42.0 Å². The second-order valence-corrected chi connectivity index (χ2v) is 7.54. The van der Waals surface area contributed by atoms with Crippen molar-refractivity contribution in [2.24, 2.45) is 0 Å². The van der Waals surface area contributed by atoms with E-state index >= 15 is 0 Å². The minimum absolute atomic E-state index is 0.0541. The molecule has 4 nitrogen and oxygen atoms in total. The maximum Gasteiger partial charge on any atom is 0.410 e. The van der Waals surface area contributed by atoms with E-state index < -0.39 is 5.60 Å². The number of ether oxygens (including phenoxy) is 2. The molecule has 1 aromatic rings. The van der Waals surface area contributed by atoms with Crippen LogP contribution in [0.3, 0.4) is 0 Å². The molecule has 0 aromatic heterocycles. The number of piperidine rings is 1. The SMILES string of the molecule is CC/C=C/C1CC(c2ccccc2OC)CCN1C(=O)OC(C)(C)C. The predicted octanol–water partition coefficient (Wildman–Crippen LogP) is 5.14. The van der Waals surface area contributed by atoms with E-state index in [4.69, 9.17) is 9.47 Å². The van der Waals surface area contributed by atoms with Crippen LogP contribution in [0.1, 0.15) is 58.4 Å². The van der Waals surface area contributed by atoms with Gasteiger partial charge in [-0.1, -0.05) is 37.3 Å². The average molecular weight is 345 g/mol. The molecule has 0 saturated carbocycles. The Hall–Kier alpha value is -1.97. The van der Waals surface area contributed by atoms with Crippen LogP contribution >= 0.6 is 0 Å². The van der Waals surface area contributed by atoms with Crippen LogP contribution in [0.25, 0.3) is 0 Å². The first-order valence-corrected chi connectivity index (χ1v) is 9.15. The highest BCUT2D eigenvalue weighted by Crippen LogP contribution is 2.37. The highest BCUT2D eigenvalue weighted by molar-refractivity contribution is 5.69. The van der Waals surface area contributed by atoms with Crippen LogP contribution in [0.5, 0.6) is 5.75 Å². The predicted molar refractivity (Wildman–Crippen MR) is 101 cm³/mol. The van der Waals surface area contributed by atoms with Gasteiger partial charge in [0.05, 0.1) is 13.2 Å². The van der Waals surface area contributed by atoms with Crippen molar-refractivity contribution in [3.8, 4) is 5.75 Å². The van der Waals surface area contributed by atoms with Crippen molar-refractivity contribution in [2.45, 2.75) is 64.5 Å². The zero-order valence-corrected chi connectivity index (χ0v) is 16.1. The largest absolute Gasteiger partial charge is 0.496 e. The van der Waals surface area contributed by atoms with Gasteiger partial charge in [0.1, 0.15) is 11.4 Å². The van der Waals surface area contributed by atoms with E-state index in [0.717, 1.165) is 25.0 Å². The molecule has 2 rings (SSSR count). The molecule has 1 saturated heterocycles. The van der Waals surface area contributed by atoms with E-state index in [1.165, 1.54) is 5.56 Å². The van der Waals surface area contributed by atoms with Gasteiger partial charge in [0.2, 0.25) is 0 Å². The number of likely N-dealkylation sites (tertiary alicyclic amines) is 1. The van der Waals surface area contributed by atoms with Crippen LogP contribution < -0.4 is 4.74 Å². The van der Waals surface area contributed by atoms with Crippen molar-refractivity contribution >= 4 is 6.09 Å². The standard InChI is InChI=1S/C21H31NO3/c1-6-7-10-17-15-16(18-11-8-9-12-19(18)24-5)13-14-22(17)20(23)25-21(2,3)4/h7-12,16-17H,6,13-15H2,1-5H3/b10-7+. The number of para-hydroxylation sites is 1. The summed E-state index contributed by atoms with van der Waals surface area (Å²) in [7, 11) is 1.71. The van der Waals surface area contributed by atoms with Gasteiger partial charge in [-0.2, -0.15) is 0 Å². The number of rotatable bonds is 4. The van der Waals surface area contributed by atoms with Crippen molar-refractivity contribution in [3.63, 3.8) is 0 Å². The summed E-state index contributed by atoms with van der Waals surface area (Å²) in [5.74, 6) is 1.30. The van der Waals surface area contributed by atoms with Crippen LogP contribution in [0.15, 0.2) is 36.4 Å². The fourth-order valence-electron chi connectivity index (χ4n) is 3.31. The molecule has 2 unspecified atom stereocenters. The summed E-state index contributed by atoms with van der Waals surface area (Å²) in [5.41, 5.74) is 0.749. The summed E-state index contributed by atoms with van der Waals surface area (Å²) in [5, 5.41) is 0. The number of methoxy groups -OCH3 is 1. The van der Waals surface area contributed by atoms with Gasteiger partial charge in [-0.25, -0.2) is 4.79 Å². The average Bonchev–Trinajstić information content (AvgIpc) is 2.58. The van der Waals surface area contributed by atoms with E-state index in [9.17, 15) is 4.79 Å². The number of benzene rings is 1. The zero-order valence-electron chi connectivity index (χ0n) is 16.1. The Balaban J connectivity index is 2.19. The van der Waals surface area contributed by atoms with Crippen LogP contribution in [-0.2, 0) is 4.74 Å². The summed E-state index contributed by atoms with van der Waals surface area (Å²) in [6, 6.07) is 8.24. The summed E-state index contributed by atoms with van der Waals surface area (Å²) in [6.07, 6.45) is 6.80. The molecular weight excluding hydrogens is 314 g/mol. The normalized spacial score (nSPS) is 21.4. The van der Waals surface area contributed by atoms with E-state index in [1.807, 2.05) is 37.8 Å². The molecule has 4 heteroatoms. The smallest absolute Gasteiger partial charge is 0.410 e. The first-order chi connectivity index (χ1) is 11.9. The molecule has 0 spiro atoms. The maximum atomic E-state index is 12.6. The van der Waals surface area contributed by atoms with E-state index in [1.54, 1.807) is 7.11 Å². The van der Waals surface area contributed by atoms with Gasteiger partial charge in [0.15, 0.2) is 0 Å². The van der Waals surface area contributed by atoms with Crippen LogP contribution in [0.4, 0.5) is 4.79 Å². The Morgan fingerprint density at radius 2 is 2.04 bits per heavy atom. The highest BCUT2D eigenvalue weighted by Gasteiger charge is 2.34. The summed E-state index contributed by atoms with van der Waals surface area (Å²) in [6.45, 7) is 8.52. The van der Waals surface area contributed by atoms with Crippen molar-refractivity contribution in [2.75, 3.05) is 13.7 Å². The quantitative estimate of drug-likeness (QED) is 0.709. The lowest BCUT2D eigenvalue weighted by Gasteiger charge is -2.39. The van der Waals surface area contributed by atoms with E-state index in [2.05, 4.69) is 31.2 Å². The molecule has 1 fully saturated rings. The van der Waals surface area contributed by atoms with Gasteiger partial charge in [0.25, 0.3) is 0 Å². The number of amides is 1. The minimum atomic E-state index is -0.477. The third-order valence-corrected chi connectivity index (χ3v) is 4.45. The van der Waals surface area contributed by atoms with Crippen LogP contribution in [0, 0.1) is 0 Å². The van der Waals surface area contributed by atoms with Gasteiger partial charge in [-0.05, 0) is 57.6 Å². The van der Waals surface area contributed by atoms with Crippen LogP contribution in [-0.4, -0.2) is 36.3 Å². The second kappa shape index (κ2) is 8.41. The van der Waals surface area contributed by atoms with Gasteiger partial charge in [-0.15, -0.1) is 0 Å². The summed E-state index contributed by atoms with van der Waals surface area (Å²) in [4.78, 5) is 14.5. The van der Waals surface area contributed by atoms with Gasteiger partial charge < -0.3 is 14.4 Å². The highest BCUT2D eigenvalue weighted by atomic mass is 16.6. The lowest BCUT2D eigenvalue weighted by Crippen LogP contribution is -2.46. The lowest BCUT2D eigenvalue weighted by molar-refractivity contribution is 0.0134. The molecule has 25 heavy (non-hydrogen) atoms. The monoisotopic (exact) mass is 345 g/mol. The number of hydrogen-bond acceptors (Lipinski definition) is 3. The van der Waals surface area contributed by atoms with Crippen LogP contribution in [0.2, 0.25) is 0 Å². The molecule has 1 aliphatic rings. The van der Waals surface area contributed by atoms with Crippen molar-refractivity contribution in [1.82, 2.24) is 4.90 Å². The molecule has 138 valence electrons. The van der Waals surface area contributed by atoms with E-state index in [-0.39, 0.29) is 12.1 Å². The third kappa shape index (κ3) is 5.25. The first kappa shape index (κ1) is 19.4. The number of allylic oxidation sites excluding steroid dienone is 1. The zero-order chi connectivity index (χ0) is 18.4. The molecular formula is C21H31NO3. The Morgan fingerprint density at radius 1 is 1.32 bits per heavy atom. The molecule has 2 atom stereocenters. The lowest BCUT2D eigenvalue weighted by atomic mass is 9.84. The van der Waals surface area contributed by atoms with Gasteiger partial charge >= 0.3 is 6.09 Å². The molecule has 0 aliphatic carbocycles. The summed E-state index contributed by atoms with van der Waals surface area (Å²) < 4.78 is 11.1. The molecule has 0 N–H and O–H groups in total. The van der Waals surface area contributed by atoms with Crippen molar-refractivity contribution < 1.29 is 14.3 Å². The summed E-state index contributed by atoms with van der Waals surface area (Å²) >= 11 is 0. The maximum absolute atomic E-state index is 12.6. The first-order valence-electron chi connectivity index (χ1n) is 9.15. The number of hydrogen-bond donors (Lipinski definition) is 0.